The van der Waals surface area contributed by atoms with Crippen LogP contribution < -0.4 is 16.0 Å². The van der Waals surface area contributed by atoms with Crippen molar-refractivity contribution in [3.8, 4) is 0 Å². The van der Waals surface area contributed by atoms with Crippen LogP contribution >= 0.6 is 0 Å². The molecule has 0 aromatic carbocycles. The van der Waals surface area contributed by atoms with Crippen molar-refractivity contribution < 1.29 is 14.3 Å². The molecule has 1 aliphatic carbocycles. The second-order valence-electron chi connectivity index (χ2n) is 8.79. The van der Waals surface area contributed by atoms with Gasteiger partial charge in [0.25, 0.3) is 5.91 Å². The van der Waals surface area contributed by atoms with Crippen LogP contribution in [0.3, 0.4) is 0 Å². The summed E-state index contributed by atoms with van der Waals surface area (Å²) in [7, 11) is 1.69. The number of pyridine rings is 1. The van der Waals surface area contributed by atoms with Crippen molar-refractivity contribution in [1.82, 2.24) is 25.3 Å². The fourth-order valence-electron chi connectivity index (χ4n) is 5.73. The van der Waals surface area contributed by atoms with Gasteiger partial charge >= 0.3 is 0 Å². The summed E-state index contributed by atoms with van der Waals surface area (Å²) < 4.78 is 8.50. The van der Waals surface area contributed by atoms with Crippen LogP contribution in [0, 0.1) is 12.3 Å². The minimum Gasteiger partial charge on any atom is -0.365 e. The lowest BCUT2D eigenvalue weighted by atomic mass is 9.53. The number of ether oxygens (including phenoxy) is 1. The highest BCUT2D eigenvalue weighted by molar-refractivity contribution is 5.95. The molecule has 0 atom stereocenters. The SMILES string of the molecule is CNC(=O)C12CC(CNC(=O)c3ccn4cc(C)nc4c3)(C1)OC21CCNCC1. The summed E-state index contributed by atoms with van der Waals surface area (Å²) in [4.78, 5) is 29.9. The van der Waals surface area contributed by atoms with Gasteiger partial charge in [0.2, 0.25) is 5.91 Å². The molecule has 2 amide bonds. The number of fused-ring (bicyclic) bond motifs is 1. The Morgan fingerprint density at radius 2 is 2.07 bits per heavy atom. The lowest BCUT2D eigenvalue weighted by Crippen LogP contribution is -2.61. The second-order valence-corrected chi connectivity index (χ2v) is 8.79. The number of piperidine rings is 1. The Kier molecular flexibility index (Phi) is 4.02. The van der Waals surface area contributed by atoms with Crippen molar-refractivity contribution in [2.45, 2.75) is 43.8 Å². The van der Waals surface area contributed by atoms with E-state index in [2.05, 4.69) is 20.9 Å². The smallest absolute Gasteiger partial charge is 0.251 e. The molecular weight excluding hydrogens is 370 g/mol. The molecule has 4 aliphatic rings. The van der Waals surface area contributed by atoms with Gasteiger partial charge in [-0.3, -0.25) is 9.59 Å². The van der Waals surface area contributed by atoms with E-state index >= 15 is 0 Å². The first-order valence-corrected chi connectivity index (χ1v) is 10.3. The minimum atomic E-state index is -0.471. The maximum Gasteiger partial charge on any atom is 0.251 e. The Morgan fingerprint density at radius 3 is 2.79 bits per heavy atom. The molecule has 2 aromatic heterocycles. The highest BCUT2D eigenvalue weighted by Crippen LogP contribution is 2.68. The number of hydrogen-bond acceptors (Lipinski definition) is 5. The van der Waals surface area contributed by atoms with Crippen molar-refractivity contribution in [2.75, 3.05) is 26.7 Å². The van der Waals surface area contributed by atoms with Gasteiger partial charge in [-0.2, -0.15) is 0 Å². The number of aryl methyl sites for hydroxylation is 1. The Morgan fingerprint density at radius 1 is 1.31 bits per heavy atom. The van der Waals surface area contributed by atoms with E-state index in [0.717, 1.165) is 37.3 Å². The standard InChI is InChI=1S/C21H27N5O3/c1-14-10-26-8-3-15(9-16(26)25-14)17(27)24-13-19-11-20(12-19,18(28)22-2)21(29-19)4-6-23-7-5-21/h3,8-10,23H,4-7,11-13H2,1-2H3,(H,22,28)(H,24,27). The first-order valence-electron chi connectivity index (χ1n) is 10.3. The normalized spacial score (nSPS) is 29.6. The Hall–Kier alpha value is -2.45. The predicted octanol–water partition coefficient (Wildman–Crippen LogP) is 0.790. The fourth-order valence-corrected chi connectivity index (χ4v) is 5.73. The van der Waals surface area contributed by atoms with Gasteiger partial charge in [-0.25, -0.2) is 4.98 Å². The van der Waals surface area contributed by atoms with E-state index in [-0.39, 0.29) is 11.8 Å². The highest BCUT2D eigenvalue weighted by Gasteiger charge is 2.77. The van der Waals surface area contributed by atoms with Gasteiger partial charge in [-0.05, 0) is 57.8 Å². The molecule has 6 rings (SSSR count). The van der Waals surface area contributed by atoms with Crippen molar-refractivity contribution in [1.29, 1.82) is 0 Å². The Bertz CT molecular complexity index is 985. The van der Waals surface area contributed by atoms with E-state index < -0.39 is 16.6 Å². The summed E-state index contributed by atoms with van der Waals surface area (Å²) >= 11 is 0. The van der Waals surface area contributed by atoms with Gasteiger partial charge in [0.15, 0.2) is 0 Å². The zero-order valence-electron chi connectivity index (χ0n) is 16.9. The number of carbonyl (C=O) groups excluding carboxylic acids is 2. The minimum absolute atomic E-state index is 0.0685. The molecule has 29 heavy (non-hydrogen) atoms. The summed E-state index contributed by atoms with van der Waals surface area (Å²) in [5, 5.41) is 9.25. The van der Waals surface area contributed by atoms with Gasteiger partial charge in [0.1, 0.15) is 5.65 Å². The number of aromatic nitrogens is 2. The number of amides is 2. The molecule has 1 saturated carbocycles. The molecule has 3 N–H and O–H groups in total. The van der Waals surface area contributed by atoms with Crippen LogP contribution in [-0.2, 0) is 9.53 Å². The number of hydrogen-bond donors (Lipinski definition) is 3. The summed E-state index contributed by atoms with van der Waals surface area (Å²) in [5.74, 6) is -0.0752. The molecule has 3 saturated heterocycles. The summed E-state index contributed by atoms with van der Waals surface area (Å²) in [6.07, 6.45) is 6.75. The van der Waals surface area contributed by atoms with Crippen molar-refractivity contribution in [3.05, 3.63) is 35.8 Å². The van der Waals surface area contributed by atoms with Crippen molar-refractivity contribution in [2.24, 2.45) is 5.41 Å². The molecule has 1 spiro atoms. The third kappa shape index (κ3) is 2.62. The molecule has 8 heteroatoms. The monoisotopic (exact) mass is 397 g/mol. The van der Waals surface area contributed by atoms with E-state index in [1.807, 2.05) is 23.7 Å². The molecule has 2 aromatic rings. The summed E-state index contributed by atoms with van der Waals surface area (Å²) in [6, 6.07) is 3.58. The van der Waals surface area contributed by atoms with Crippen LogP contribution in [-0.4, -0.2) is 59.1 Å². The van der Waals surface area contributed by atoms with Crippen molar-refractivity contribution >= 4 is 17.5 Å². The number of nitrogens with one attached hydrogen (secondary N) is 3. The van der Waals surface area contributed by atoms with Gasteiger partial charge in [-0.1, -0.05) is 0 Å². The lowest BCUT2D eigenvalue weighted by Gasteiger charge is -2.47. The quantitative estimate of drug-likeness (QED) is 0.709. The number of imidazole rings is 1. The van der Waals surface area contributed by atoms with Gasteiger partial charge in [0.05, 0.1) is 22.3 Å². The van der Waals surface area contributed by atoms with Crippen LogP contribution in [0.2, 0.25) is 0 Å². The number of nitrogens with zero attached hydrogens (tertiary/aromatic N) is 2. The van der Waals surface area contributed by atoms with E-state index in [0.29, 0.717) is 24.9 Å². The molecule has 4 fully saturated rings. The average Bonchev–Trinajstić information content (AvgIpc) is 3.28. The van der Waals surface area contributed by atoms with Gasteiger partial charge in [0, 0.05) is 31.5 Å². The van der Waals surface area contributed by atoms with Crippen LogP contribution in [0.25, 0.3) is 5.65 Å². The third-order valence-corrected chi connectivity index (χ3v) is 7.02. The van der Waals surface area contributed by atoms with Crippen LogP contribution in [0.15, 0.2) is 24.5 Å². The predicted molar refractivity (Wildman–Crippen MR) is 107 cm³/mol. The average molecular weight is 397 g/mol. The molecule has 0 radical (unpaired) electrons. The molecule has 5 heterocycles. The van der Waals surface area contributed by atoms with Crippen LogP contribution in [0.4, 0.5) is 0 Å². The number of rotatable bonds is 4. The largest absolute Gasteiger partial charge is 0.365 e. The molecule has 8 nitrogen and oxygen atoms in total. The molecule has 154 valence electrons. The number of carbonyl (C=O) groups is 2. The third-order valence-electron chi connectivity index (χ3n) is 7.02. The first-order chi connectivity index (χ1) is 13.9. The van der Waals surface area contributed by atoms with Gasteiger partial charge in [-0.15, -0.1) is 0 Å². The molecule has 3 aliphatic heterocycles. The summed E-state index contributed by atoms with van der Waals surface area (Å²) in [6.45, 7) is 4.05. The lowest BCUT2D eigenvalue weighted by molar-refractivity contribution is -0.140. The van der Waals surface area contributed by atoms with E-state index in [1.165, 1.54) is 0 Å². The zero-order valence-corrected chi connectivity index (χ0v) is 16.9. The maximum atomic E-state index is 12.8. The second kappa shape index (κ2) is 6.27. The maximum absolute atomic E-state index is 12.8. The van der Waals surface area contributed by atoms with Crippen molar-refractivity contribution in [3.63, 3.8) is 0 Å². The van der Waals surface area contributed by atoms with Gasteiger partial charge < -0.3 is 25.1 Å². The molecule has 0 unspecified atom stereocenters. The Balaban J connectivity index is 1.32. The molecule has 2 bridgehead atoms. The topological polar surface area (TPSA) is 96.8 Å². The van der Waals surface area contributed by atoms with E-state index in [4.69, 9.17) is 4.74 Å². The summed E-state index contributed by atoms with van der Waals surface area (Å²) in [5.41, 5.74) is 0.893. The van der Waals surface area contributed by atoms with E-state index in [1.54, 1.807) is 19.2 Å². The highest BCUT2D eigenvalue weighted by atomic mass is 16.5. The fraction of sp³-hybridized carbons (Fsp3) is 0.571. The zero-order chi connectivity index (χ0) is 20.3. The Labute approximate surface area is 169 Å². The molecular formula is C21H27N5O3. The first kappa shape index (κ1) is 18.6. The van der Waals surface area contributed by atoms with Crippen LogP contribution in [0.5, 0.6) is 0 Å². The van der Waals surface area contributed by atoms with Crippen LogP contribution in [0.1, 0.15) is 41.7 Å². The van der Waals surface area contributed by atoms with E-state index in [9.17, 15) is 9.59 Å².